The summed E-state index contributed by atoms with van der Waals surface area (Å²) in [6, 6.07) is 13.5. The fourth-order valence-electron chi connectivity index (χ4n) is 4.21. The highest BCUT2D eigenvalue weighted by Gasteiger charge is 2.42. The topological polar surface area (TPSA) is 83.3 Å². The molecule has 0 saturated carbocycles. The molecule has 5 rings (SSSR count). The molecule has 8 heteroatoms. The second-order valence-electron chi connectivity index (χ2n) is 7.86. The number of rotatable bonds is 4. The Labute approximate surface area is 185 Å². The molecule has 1 amide bonds. The van der Waals surface area contributed by atoms with Crippen molar-refractivity contribution in [2.45, 2.75) is 25.2 Å². The van der Waals surface area contributed by atoms with Crippen molar-refractivity contribution in [3.63, 3.8) is 0 Å². The second-order valence-corrected chi connectivity index (χ2v) is 7.86. The summed E-state index contributed by atoms with van der Waals surface area (Å²) < 4.78 is 28.2. The fraction of sp³-hybridized carbons (Fsp3) is 0.333. The van der Waals surface area contributed by atoms with Crippen LogP contribution in [-0.4, -0.2) is 49.1 Å². The molecule has 1 fully saturated rings. The van der Waals surface area contributed by atoms with Crippen molar-refractivity contribution in [3.8, 4) is 28.4 Å². The summed E-state index contributed by atoms with van der Waals surface area (Å²) in [6.45, 7) is 1.50. The number of fused-ring (bicyclic) bond motifs is 1. The summed E-state index contributed by atoms with van der Waals surface area (Å²) in [5.74, 6) is 1.57. The Morgan fingerprint density at radius 2 is 1.75 bits per heavy atom. The minimum atomic E-state index is -0.712. The number of likely N-dealkylation sites (tertiary alicyclic amines) is 1. The molecule has 1 aromatic heterocycles. The maximum absolute atomic E-state index is 12.5. The first-order valence-electron chi connectivity index (χ1n) is 10.5. The lowest BCUT2D eigenvalue weighted by molar-refractivity contribution is -0.225. The number of amides is 1. The molecule has 3 heterocycles. The molecule has 3 aromatic rings. The standard InChI is InChI=1S/C24H24N2O6/c1-28-20-6-4-17(14-22(20)29-2)16-3-5-19-18(13-16)15-30-24(31-19)8-11-26(12-9-24)23(27)21-7-10-25-32-21/h3-7,10,13-14H,8-9,11-12,15H2,1-2H3. The second kappa shape index (κ2) is 8.20. The van der Waals surface area contributed by atoms with Gasteiger partial charge in [0, 0.05) is 37.6 Å². The molecule has 32 heavy (non-hydrogen) atoms. The van der Waals surface area contributed by atoms with E-state index in [4.69, 9.17) is 23.5 Å². The highest BCUT2D eigenvalue weighted by atomic mass is 16.7. The number of aromatic nitrogens is 1. The zero-order chi connectivity index (χ0) is 22.1. The number of hydrogen-bond acceptors (Lipinski definition) is 7. The molecule has 2 aliphatic heterocycles. The van der Waals surface area contributed by atoms with Gasteiger partial charge in [0.25, 0.3) is 5.91 Å². The Balaban J connectivity index is 1.30. The van der Waals surface area contributed by atoms with E-state index >= 15 is 0 Å². The van der Waals surface area contributed by atoms with Crippen LogP contribution in [-0.2, 0) is 11.3 Å². The molecule has 0 atom stereocenters. The summed E-state index contributed by atoms with van der Waals surface area (Å²) in [7, 11) is 3.25. The Morgan fingerprint density at radius 1 is 1.00 bits per heavy atom. The monoisotopic (exact) mass is 436 g/mol. The van der Waals surface area contributed by atoms with Crippen LogP contribution in [0.4, 0.5) is 0 Å². The number of benzene rings is 2. The molecular weight excluding hydrogens is 412 g/mol. The molecule has 1 spiro atoms. The van der Waals surface area contributed by atoms with Gasteiger partial charge in [-0.15, -0.1) is 0 Å². The van der Waals surface area contributed by atoms with Crippen LogP contribution in [0.1, 0.15) is 29.0 Å². The fourth-order valence-corrected chi connectivity index (χ4v) is 4.21. The van der Waals surface area contributed by atoms with Crippen LogP contribution in [0.25, 0.3) is 11.1 Å². The average Bonchev–Trinajstić information content (AvgIpc) is 3.38. The van der Waals surface area contributed by atoms with E-state index in [9.17, 15) is 4.79 Å². The van der Waals surface area contributed by atoms with E-state index in [2.05, 4.69) is 11.2 Å². The molecule has 1 saturated heterocycles. The summed E-state index contributed by atoms with van der Waals surface area (Å²) in [5, 5.41) is 3.61. The lowest BCUT2D eigenvalue weighted by atomic mass is 9.98. The largest absolute Gasteiger partial charge is 0.493 e. The van der Waals surface area contributed by atoms with Gasteiger partial charge in [0.1, 0.15) is 5.75 Å². The minimum Gasteiger partial charge on any atom is -0.493 e. The zero-order valence-corrected chi connectivity index (χ0v) is 18.0. The van der Waals surface area contributed by atoms with Crippen molar-refractivity contribution >= 4 is 5.91 Å². The van der Waals surface area contributed by atoms with Crippen LogP contribution >= 0.6 is 0 Å². The predicted octanol–water partition coefficient (Wildman–Crippen LogP) is 3.90. The quantitative estimate of drug-likeness (QED) is 0.613. The summed E-state index contributed by atoms with van der Waals surface area (Å²) in [6.07, 6.45) is 2.65. The van der Waals surface area contributed by atoms with Gasteiger partial charge in [0.15, 0.2) is 11.5 Å². The van der Waals surface area contributed by atoms with E-state index in [0.717, 1.165) is 22.4 Å². The van der Waals surface area contributed by atoms with E-state index in [1.54, 1.807) is 25.2 Å². The molecule has 2 aliphatic rings. The van der Waals surface area contributed by atoms with Crippen molar-refractivity contribution in [2.24, 2.45) is 0 Å². The van der Waals surface area contributed by atoms with Crippen LogP contribution in [0.15, 0.2) is 53.2 Å². The zero-order valence-electron chi connectivity index (χ0n) is 18.0. The molecule has 2 aromatic carbocycles. The van der Waals surface area contributed by atoms with Gasteiger partial charge in [0.2, 0.25) is 11.5 Å². The Kier molecular flexibility index (Phi) is 5.22. The number of piperidine rings is 1. The minimum absolute atomic E-state index is 0.159. The molecule has 0 bridgehead atoms. The first-order valence-corrected chi connectivity index (χ1v) is 10.5. The van der Waals surface area contributed by atoms with Gasteiger partial charge < -0.3 is 28.4 Å². The SMILES string of the molecule is COc1ccc(-c2ccc3c(c2)COC2(CCN(C(=O)c4ccno4)CC2)O3)cc1OC. The van der Waals surface area contributed by atoms with Gasteiger partial charge in [0.05, 0.1) is 27.0 Å². The van der Waals surface area contributed by atoms with Crippen molar-refractivity contribution < 1.29 is 28.3 Å². The maximum atomic E-state index is 12.5. The lowest BCUT2D eigenvalue weighted by Gasteiger charge is -2.43. The smallest absolute Gasteiger partial charge is 0.292 e. The van der Waals surface area contributed by atoms with Crippen LogP contribution in [0.5, 0.6) is 17.2 Å². The van der Waals surface area contributed by atoms with E-state index in [1.165, 1.54) is 6.20 Å². The Morgan fingerprint density at radius 3 is 2.47 bits per heavy atom. The lowest BCUT2D eigenvalue weighted by Crippen LogP contribution is -2.52. The van der Waals surface area contributed by atoms with Crippen LogP contribution in [0.3, 0.4) is 0 Å². The number of ether oxygens (including phenoxy) is 4. The third kappa shape index (κ3) is 3.67. The number of carbonyl (C=O) groups is 1. The van der Waals surface area contributed by atoms with Gasteiger partial charge in [-0.2, -0.15) is 0 Å². The summed E-state index contributed by atoms with van der Waals surface area (Å²) >= 11 is 0. The molecule has 0 radical (unpaired) electrons. The first-order chi connectivity index (χ1) is 15.6. The van der Waals surface area contributed by atoms with Gasteiger partial charge in [-0.25, -0.2) is 0 Å². The van der Waals surface area contributed by atoms with Crippen molar-refractivity contribution in [3.05, 3.63) is 60.0 Å². The molecule has 166 valence electrons. The summed E-state index contributed by atoms with van der Waals surface area (Å²) in [5.41, 5.74) is 3.05. The number of carbonyl (C=O) groups excluding carboxylic acids is 1. The number of methoxy groups -OCH3 is 2. The predicted molar refractivity (Wildman–Crippen MR) is 115 cm³/mol. The van der Waals surface area contributed by atoms with E-state index in [1.807, 2.05) is 30.3 Å². The molecule has 0 N–H and O–H groups in total. The van der Waals surface area contributed by atoms with Crippen LogP contribution in [0.2, 0.25) is 0 Å². The maximum Gasteiger partial charge on any atom is 0.292 e. The molecule has 0 aliphatic carbocycles. The number of hydrogen-bond donors (Lipinski definition) is 0. The van der Waals surface area contributed by atoms with Gasteiger partial charge >= 0.3 is 0 Å². The Hall–Kier alpha value is -3.52. The molecule has 8 nitrogen and oxygen atoms in total. The first kappa shape index (κ1) is 20.4. The number of nitrogens with zero attached hydrogens (tertiary/aromatic N) is 2. The average molecular weight is 436 g/mol. The third-order valence-electron chi connectivity index (χ3n) is 6.03. The van der Waals surface area contributed by atoms with Gasteiger partial charge in [-0.1, -0.05) is 17.3 Å². The summed E-state index contributed by atoms with van der Waals surface area (Å²) in [4.78, 5) is 14.2. The molecular formula is C24H24N2O6. The highest BCUT2D eigenvalue weighted by molar-refractivity contribution is 5.91. The van der Waals surface area contributed by atoms with E-state index in [0.29, 0.717) is 44.0 Å². The van der Waals surface area contributed by atoms with Gasteiger partial charge in [-0.3, -0.25) is 4.79 Å². The van der Waals surface area contributed by atoms with E-state index in [-0.39, 0.29) is 11.7 Å². The Bertz CT molecular complexity index is 1120. The van der Waals surface area contributed by atoms with Crippen molar-refractivity contribution in [2.75, 3.05) is 27.3 Å². The van der Waals surface area contributed by atoms with Crippen LogP contribution < -0.4 is 14.2 Å². The van der Waals surface area contributed by atoms with Gasteiger partial charge in [-0.05, 0) is 35.4 Å². The molecule has 0 unspecified atom stereocenters. The third-order valence-corrected chi connectivity index (χ3v) is 6.03. The van der Waals surface area contributed by atoms with Crippen molar-refractivity contribution in [1.82, 2.24) is 10.1 Å². The van der Waals surface area contributed by atoms with E-state index < -0.39 is 5.79 Å². The van der Waals surface area contributed by atoms with Crippen molar-refractivity contribution in [1.29, 1.82) is 0 Å². The van der Waals surface area contributed by atoms with Crippen LogP contribution in [0, 0.1) is 0 Å². The highest BCUT2D eigenvalue weighted by Crippen LogP contribution is 2.40. The normalized spacial score (nSPS) is 16.9.